The van der Waals surface area contributed by atoms with Gasteiger partial charge in [-0.1, -0.05) is 6.07 Å². The summed E-state index contributed by atoms with van der Waals surface area (Å²) in [5.74, 6) is -0.0694. The number of carbonyl (C=O) groups excluding carboxylic acids is 2. The van der Waals surface area contributed by atoms with Crippen LogP contribution in [0.4, 0.5) is 0 Å². The van der Waals surface area contributed by atoms with Crippen molar-refractivity contribution in [1.82, 2.24) is 9.88 Å². The zero-order chi connectivity index (χ0) is 17.0. The van der Waals surface area contributed by atoms with Crippen molar-refractivity contribution in [3.05, 3.63) is 30.1 Å². The van der Waals surface area contributed by atoms with Gasteiger partial charge in [-0.15, -0.1) is 12.4 Å². The van der Waals surface area contributed by atoms with E-state index in [1.54, 1.807) is 6.20 Å². The first-order valence-corrected chi connectivity index (χ1v) is 8.48. The maximum absolute atomic E-state index is 12.5. The van der Waals surface area contributed by atoms with Gasteiger partial charge in [0, 0.05) is 37.8 Å². The molecule has 138 valence electrons. The minimum atomic E-state index is -0.653. The molecule has 2 saturated heterocycles. The van der Waals surface area contributed by atoms with Gasteiger partial charge in [-0.25, -0.2) is 0 Å². The van der Waals surface area contributed by atoms with Crippen molar-refractivity contribution in [3.8, 4) is 0 Å². The molecule has 0 radical (unpaired) electrons. The minimum absolute atomic E-state index is 0. The first-order chi connectivity index (χ1) is 11.7. The molecular weight excluding hydrogens is 344 g/mol. The summed E-state index contributed by atoms with van der Waals surface area (Å²) in [7, 11) is 1.40. The summed E-state index contributed by atoms with van der Waals surface area (Å²) in [4.78, 5) is 30.5. The topological polar surface area (TPSA) is 68.7 Å². The van der Waals surface area contributed by atoms with Crippen LogP contribution in [0.1, 0.15) is 24.8 Å². The molecule has 1 aromatic rings. The molecule has 3 rings (SSSR count). The highest BCUT2D eigenvalue weighted by molar-refractivity contribution is 5.85. The summed E-state index contributed by atoms with van der Waals surface area (Å²) in [5.41, 5.74) is 0.544. The van der Waals surface area contributed by atoms with Crippen LogP contribution in [0.5, 0.6) is 0 Å². The van der Waals surface area contributed by atoms with Gasteiger partial charge < -0.3 is 14.4 Å². The van der Waals surface area contributed by atoms with Gasteiger partial charge in [0.2, 0.25) is 5.91 Å². The molecule has 2 aliphatic heterocycles. The Morgan fingerprint density at radius 3 is 3.00 bits per heavy atom. The Hall–Kier alpha value is -1.66. The number of rotatable bonds is 6. The number of methoxy groups -OCH3 is 1. The number of pyridine rings is 1. The van der Waals surface area contributed by atoms with Crippen molar-refractivity contribution in [1.29, 1.82) is 0 Å². The zero-order valence-corrected chi connectivity index (χ0v) is 15.3. The number of halogens is 1. The van der Waals surface area contributed by atoms with E-state index < -0.39 is 5.41 Å². The van der Waals surface area contributed by atoms with Crippen LogP contribution in [-0.2, 0) is 25.5 Å². The minimum Gasteiger partial charge on any atom is -0.468 e. The van der Waals surface area contributed by atoms with Crippen LogP contribution in [0.15, 0.2) is 24.5 Å². The van der Waals surface area contributed by atoms with Crippen LogP contribution < -0.4 is 0 Å². The van der Waals surface area contributed by atoms with Crippen LogP contribution >= 0.6 is 12.4 Å². The fraction of sp³-hybridized carbons (Fsp3) is 0.611. The van der Waals surface area contributed by atoms with Gasteiger partial charge in [0.25, 0.3) is 0 Å². The molecule has 0 aromatic carbocycles. The molecule has 2 atom stereocenters. The van der Waals surface area contributed by atoms with E-state index in [1.165, 1.54) is 12.7 Å². The monoisotopic (exact) mass is 368 g/mol. The van der Waals surface area contributed by atoms with Crippen LogP contribution in [-0.4, -0.2) is 55.2 Å². The lowest BCUT2D eigenvalue weighted by Gasteiger charge is -2.23. The van der Waals surface area contributed by atoms with Crippen molar-refractivity contribution < 1.29 is 19.1 Å². The molecule has 25 heavy (non-hydrogen) atoms. The van der Waals surface area contributed by atoms with E-state index in [9.17, 15) is 9.59 Å². The molecule has 0 bridgehead atoms. The molecule has 7 heteroatoms. The predicted molar refractivity (Wildman–Crippen MR) is 94.4 cm³/mol. The van der Waals surface area contributed by atoms with E-state index >= 15 is 0 Å². The molecular formula is C18H25ClN2O4. The first-order valence-electron chi connectivity index (χ1n) is 8.48. The van der Waals surface area contributed by atoms with E-state index in [4.69, 9.17) is 9.47 Å². The molecule has 0 N–H and O–H groups in total. The number of likely N-dealkylation sites (tertiary alicyclic amines) is 1. The summed E-state index contributed by atoms with van der Waals surface area (Å²) < 4.78 is 10.4. The van der Waals surface area contributed by atoms with Crippen LogP contribution in [0.2, 0.25) is 0 Å². The van der Waals surface area contributed by atoms with E-state index in [1.807, 2.05) is 17.2 Å². The second kappa shape index (κ2) is 8.63. The fourth-order valence-corrected chi connectivity index (χ4v) is 3.73. The normalized spacial score (nSPS) is 24.5. The number of hydrogen-bond donors (Lipinski definition) is 0. The molecule has 6 nitrogen and oxygen atoms in total. The number of fused-ring (bicyclic) bond motifs is 1. The first kappa shape index (κ1) is 19.7. The Balaban J connectivity index is 0.00000225. The lowest BCUT2D eigenvalue weighted by molar-refractivity contribution is -0.153. The van der Waals surface area contributed by atoms with Crippen LogP contribution in [0.25, 0.3) is 0 Å². The Kier molecular flexibility index (Phi) is 6.79. The zero-order valence-electron chi connectivity index (χ0n) is 14.5. The standard InChI is InChI=1S/C18H24N2O4.ClH/c1-23-17(22)18-12-20(10-15(18)11-24-13-18)16(21)7-3-2-5-14-6-4-8-19-9-14;/h4,6,8-9,15H,2-3,5,7,10-13H2,1H3;1H/t15-,18-;/m0./s1. The number of carbonyl (C=O) groups is 2. The van der Waals surface area contributed by atoms with Crippen LogP contribution in [0, 0.1) is 11.3 Å². The maximum atomic E-state index is 12.5. The average Bonchev–Trinajstić information content (AvgIpc) is 3.17. The largest absolute Gasteiger partial charge is 0.468 e. The van der Waals surface area contributed by atoms with Gasteiger partial charge >= 0.3 is 5.97 Å². The highest BCUT2D eigenvalue weighted by Crippen LogP contribution is 2.42. The van der Waals surface area contributed by atoms with Crippen molar-refractivity contribution in [3.63, 3.8) is 0 Å². The fourth-order valence-electron chi connectivity index (χ4n) is 3.73. The number of aryl methyl sites for hydroxylation is 1. The van der Waals surface area contributed by atoms with Gasteiger partial charge in [0.15, 0.2) is 0 Å². The Morgan fingerprint density at radius 2 is 2.28 bits per heavy atom. The Bertz CT molecular complexity index is 598. The van der Waals surface area contributed by atoms with Crippen molar-refractivity contribution >= 4 is 24.3 Å². The SMILES string of the molecule is COC(=O)[C@@]12COC[C@@H]1CN(C(=O)CCCCc1cccnc1)C2.Cl. The molecule has 0 spiro atoms. The molecule has 0 aliphatic carbocycles. The summed E-state index contributed by atoms with van der Waals surface area (Å²) in [6, 6.07) is 3.98. The number of unbranched alkanes of at least 4 members (excludes halogenated alkanes) is 1. The van der Waals surface area contributed by atoms with Gasteiger partial charge in [0.1, 0.15) is 5.41 Å². The highest BCUT2D eigenvalue weighted by atomic mass is 35.5. The smallest absolute Gasteiger partial charge is 0.316 e. The summed E-state index contributed by atoms with van der Waals surface area (Å²) >= 11 is 0. The molecule has 0 unspecified atom stereocenters. The number of esters is 1. The molecule has 2 fully saturated rings. The average molecular weight is 369 g/mol. The lowest BCUT2D eigenvalue weighted by atomic mass is 9.81. The second-order valence-corrected chi connectivity index (χ2v) is 6.70. The molecule has 1 amide bonds. The van der Waals surface area contributed by atoms with Crippen molar-refractivity contribution in [2.75, 3.05) is 33.4 Å². The summed E-state index contributed by atoms with van der Waals surface area (Å²) in [6.45, 7) is 1.90. The molecule has 0 saturated carbocycles. The number of aromatic nitrogens is 1. The second-order valence-electron chi connectivity index (χ2n) is 6.70. The van der Waals surface area contributed by atoms with E-state index in [0.29, 0.717) is 32.7 Å². The Labute approximate surface area is 154 Å². The van der Waals surface area contributed by atoms with Gasteiger partial charge in [-0.05, 0) is 30.9 Å². The number of amides is 1. The highest BCUT2D eigenvalue weighted by Gasteiger charge is 2.57. The number of nitrogens with zero attached hydrogens (tertiary/aromatic N) is 2. The van der Waals surface area contributed by atoms with Crippen LogP contribution in [0.3, 0.4) is 0 Å². The maximum Gasteiger partial charge on any atom is 0.316 e. The molecule has 3 heterocycles. The molecule has 2 aliphatic rings. The van der Waals surface area contributed by atoms with Gasteiger partial charge in [-0.3, -0.25) is 14.6 Å². The van der Waals surface area contributed by atoms with E-state index in [0.717, 1.165) is 19.3 Å². The van der Waals surface area contributed by atoms with Crippen molar-refractivity contribution in [2.45, 2.75) is 25.7 Å². The lowest BCUT2D eigenvalue weighted by Crippen LogP contribution is -2.40. The van der Waals surface area contributed by atoms with Gasteiger partial charge in [0.05, 0.1) is 20.3 Å². The summed E-state index contributed by atoms with van der Waals surface area (Å²) in [5, 5.41) is 0. The third-order valence-electron chi connectivity index (χ3n) is 5.15. The third kappa shape index (κ3) is 4.12. The molecule has 1 aromatic heterocycles. The van der Waals surface area contributed by atoms with Gasteiger partial charge in [-0.2, -0.15) is 0 Å². The summed E-state index contributed by atoms with van der Waals surface area (Å²) in [6.07, 6.45) is 6.88. The number of hydrogen-bond acceptors (Lipinski definition) is 5. The predicted octanol–water partition coefficient (Wildman–Crippen LogP) is 1.86. The Morgan fingerprint density at radius 1 is 1.44 bits per heavy atom. The third-order valence-corrected chi connectivity index (χ3v) is 5.15. The van der Waals surface area contributed by atoms with Crippen molar-refractivity contribution in [2.24, 2.45) is 11.3 Å². The van der Waals surface area contributed by atoms with E-state index in [2.05, 4.69) is 11.1 Å². The number of ether oxygens (including phenoxy) is 2. The van der Waals surface area contributed by atoms with E-state index in [-0.39, 0.29) is 30.2 Å². The quantitative estimate of drug-likeness (QED) is 0.566.